The number of hydrogen-bond acceptors (Lipinski definition) is 3. The fourth-order valence-electron chi connectivity index (χ4n) is 3.71. The van der Waals surface area contributed by atoms with Crippen molar-refractivity contribution in [2.75, 3.05) is 13.7 Å². The van der Waals surface area contributed by atoms with Gasteiger partial charge in [-0.15, -0.1) is 0 Å². The normalized spacial score (nSPS) is 28.6. The zero-order valence-corrected chi connectivity index (χ0v) is 11.5. The van der Waals surface area contributed by atoms with E-state index in [0.29, 0.717) is 5.92 Å². The van der Waals surface area contributed by atoms with Crippen molar-refractivity contribution in [3.05, 3.63) is 23.8 Å². The number of fused-ring (bicyclic) bond motifs is 2. The second-order valence-corrected chi connectivity index (χ2v) is 5.89. The van der Waals surface area contributed by atoms with Crippen molar-refractivity contribution in [3.8, 4) is 11.5 Å². The van der Waals surface area contributed by atoms with Crippen LogP contribution in [0.3, 0.4) is 0 Å². The maximum absolute atomic E-state index is 9.19. The van der Waals surface area contributed by atoms with Gasteiger partial charge in [-0.3, -0.25) is 0 Å². The van der Waals surface area contributed by atoms with E-state index in [1.807, 2.05) is 18.2 Å². The predicted molar refractivity (Wildman–Crippen MR) is 73.3 cm³/mol. The van der Waals surface area contributed by atoms with Crippen LogP contribution < -0.4 is 9.47 Å². The van der Waals surface area contributed by atoms with Crippen LogP contribution in [0, 0.1) is 17.8 Å². The van der Waals surface area contributed by atoms with Crippen molar-refractivity contribution in [3.63, 3.8) is 0 Å². The van der Waals surface area contributed by atoms with E-state index in [9.17, 15) is 5.11 Å². The first-order chi connectivity index (χ1) is 9.30. The monoisotopic (exact) mass is 262 g/mol. The lowest BCUT2D eigenvalue weighted by Crippen LogP contribution is -2.18. The van der Waals surface area contributed by atoms with Gasteiger partial charge in [0.1, 0.15) is 0 Å². The SMILES string of the molecule is COc1ccc(CO)cc1OCC1CC2CCC1C2. The van der Waals surface area contributed by atoms with Crippen molar-refractivity contribution in [1.82, 2.24) is 0 Å². The molecule has 0 aromatic heterocycles. The molecular formula is C16H22O3. The van der Waals surface area contributed by atoms with E-state index in [1.54, 1.807) is 7.11 Å². The summed E-state index contributed by atoms with van der Waals surface area (Å²) in [5, 5.41) is 9.19. The minimum Gasteiger partial charge on any atom is -0.493 e. The zero-order chi connectivity index (χ0) is 13.2. The molecule has 2 bridgehead atoms. The Balaban J connectivity index is 1.65. The van der Waals surface area contributed by atoms with Gasteiger partial charge in [-0.2, -0.15) is 0 Å². The van der Waals surface area contributed by atoms with Crippen LogP contribution >= 0.6 is 0 Å². The summed E-state index contributed by atoms with van der Waals surface area (Å²) < 4.78 is 11.3. The molecule has 1 N–H and O–H groups in total. The molecule has 3 unspecified atom stereocenters. The smallest absolute Gasteiger partial charge is 0.161 e. The van der Waals surface area contributed by atoms with Crippen molar-refractivity contribution in [1.29, 1.82) is 0 Å². The molecule has 2 aliphatic rings. The maximum atomic E-state index is 9.19. The third-order valence-corrected chi connectivity index (χ3v) is 4.75. The molecule has 0 aliphatic heterocycles. The highest BCUT2D eigenvalue weighted by atomic mass is 16.5. The summed E-state index contributed by atoms with van der Waals surface area (Å²) in [7, 11) is 1.65. The minimum absolute atomic E-state index is 0.0362. The van der Waals surface area contributed by atoms with Crippen molar-refractivity contribution < 1.29 is 14.6 Å². The second-order valence-electron chi connectivity index (χ2n) is 5.89. The third kappa shape index (κ3) is 2.57. The number of aliphatic hydroxyl groups is 1. The summed E-state index contributed by atoms with van der Waals surface area (Å²) in [4.78, 5) is 0. The molecule has 1 aromatic rings. The quantitative estimate of drug-likeness (QED) is 0.886. The average Bonchev–Trinajstić information content (AvgIpc) is 3.07. The molecule has 2 fully saturated rings. The molecule has 3 nitrogen and oxygen atoms in total. The predicted octanol–water partition coefficient (Wildman–Crippen LogP) is 3.00. The largest absolute Gasteiger partial charge is 0.493 e. The molecular weight excluding hydrogens is 240 g/mol. The van der Waals surface area contributed by atoms with E-state index < -0.39 is 0 Å². The van der Waals surface area contributed by atoms with Gasteiger partial charge in [0, 0.05) is 0 Å². The Labute approximate surface area is 114 Å². The Morgan fingerprint density at radius 2 is 2.11 bits per heavy atom. The lowest BCUT2D eigenvalue weighted by molar-refractivity contribution is 0.189. The fourth-order valence-corrected chi connectivity index (χ4v) is 3.71. The molecule has 0 amide bonds. The summed E-state index contributed by atoms with van der Waals surface area (Å²) >= 11 is 0. The number of rotatable bonds is 5. The van der Waals surface area contributed by atoms with Crippen LogP contribution in [0.4, 0.5) is 0 Å². The van der Waals surface area contributed by atoms with Gasteiger partial charge in [-0.1, -0.05) is 12.5 Å². The second kappa shape index (κ2) is 5.41. The maximum Gasteiger partial charge on any atom is 0.161 e. The van der Waals surface area contributed by atoms with Gasteiger partial charge in [-0.25, -0.2) is 0 Å². The molecule has 19 heavy (non-hydrogen) atoms. The topological polar surface area (TPSA) is 38.7 Å². The van der Waals surface area contributed by atoms with Crippen LogP contribution in [0.1, 0.15) is 31.2 Å². The van der Waals surface area contributed by atoms with Gasteiger partial charge in [0.15, 0.2) is 11.5 Å². The molecule has 0 radical (unpaired) electrons. The minimum atomic E-state index is 0.0362. The van der Waals surface area contributed by atoms with E-state index in [-0.39, 0.29) is 6.61 Å². The lowest BCUT2D eigenvalue weighted by atomic mass is 9.89. The van der Waals surface area contributed by atoms with E-state index in [0.717, 1.165) is 35.5 Å². The molecule has 1 aromatic carbocycles. The number of aliphatic hydroxyl groups excluding tert-OH is 1. The first-order valence-corrected chi connectivity index (χ1v) is 7.20. The molecule has 3 heteroatoms. The van der Waals surface area contributed by atoms with Gasteiger partial charge in [0.05, 0.1) is 20.3 Å². The van der Waals surface area contributed by atoms with Crippen LogP contribution in [0.5, 0.6) is 11.5 Å². The molecule has 2 aliphatic carbocycles. The molecule has 3 atom stereocenters. The van der Waals surface area contributed by atoms with E-state index in [1.165, 1.54) is 25.7 Å². The molecule has 0 saturated heterocycles. The zero-order valence-electron chi connectivity index (χ0n) is 11.5. The Morgan fingerprint density at radius 3 is 2.74 bits per heavy atom. The number of methoxy groups -OCH3 is 1. The Morgan fingerprint density at radius 1 is 1.21 bits per heavy atom. The van der Waals surface area contributed by atoms with E-state index in [2.05, 4.69) is 0 Å². The standard InChI is InChI=1S/C16H22O3/c1-18-15-5-3-12(9-17)8-16(15)19-10-14-7-11-2-4-13(14)6-11/h3,5,8,11,13-14,17H,2,4,6-7,9-10H2,1H3. The molecule has 2 saturated carbocycles. The lowest BCUT2D eigenvalue weighted by Gasteiger charge is -2.22. The van der Waals surface area contributed by atoms with E-state index >= 15 is 0 Å². The van der Waals surface area contributed by atoms with Crippen LogP contribution in [-0.2, 0) is 6.61 Å². The summed E-state index contributed by atoms with van der Waals surface area (Å²) in [6, 6.07) is 5.61. The van der Waals surface area contributed by atoms with Crippen LogP contribution in [-0.4, -0.2) is 18.8 Å². The number of benzene rings is 1. The van der Waals surface area contributed by atoms with Crippen LogP contribution in [0.25, 0.3) is 0 Å². The Bertz CT molecular complexity index is 444. The highest BCUT2D eigenvalue weighted by Crippen LogP contribution is 2.48. The van der Waals surface area contributed by atoms with Gasteiger partial charge < -0.3 is 14.6 Å². The van der Waals surface area contributed by atoms with Gasteiger partial charge >= 0.3 is 0 Å². The summed E-state index contributed by atoms with van der Waals surface area (Å²) in [6.07, 6.45) is 5.53. The van der Waals surface area contributed by atoms with Gasteiger partial charge in [0.2, 0.25) is 0 Å². The highest BCUT2D eigenvalue weighted by Gasteiger charge is 2.39. The van der Waals surface area contributed by atoms with E-state index in [4.69, 9.17) is 9.47 Å². The summed E-state index contributed by atoms with van der Waals surface area (Å²) in [5.74, 6) is 4.04. The summed E-state index contributed by atoms with van der Waals surface area (Å²) in [5.41, 5.74) is 0.865. The first-order valence-electron chi connectivity index (χ1n) is 7.20. The summed E-state index contributed by atoms with van der Waals surface area (Å²) in [6.45, 7) is 0.820. The van der Waals surface area contributed by atoms with Crippen LogP contribution in [0.2, 0.25) is 0 Å². The Hall–Kier alpha value is -1.22. The van der Waals surface area contributed by atoms with Crippen molar-refractivity contribution in [2.24, 2.45) is 17.8 Å². The van der Waals surface area contributed by atoms with Crippen LogP contribution in [0.15, 0.2) is 18.2 Å². The highest BCUT2D eigenvalue weighted by molar-refractivity contribution is 5.42. The number of hydrogen-bond donors (Lipinski definition) is 1. The molecule has 3 rings (SSSR count). The fraction of sp³-hybridized carbons (Fsp3) is 0.625. The van der Waals surface area contributed by atoms with Crippen molar-refractivity contribution >= 4 is 0 Å². The first kappa shape index (κ1) is 12.8. The van der Waals surface area contributed by atoms with Gasteiger partial charge in [0.25, 0.3) is 0 Å². The molecule has 104 valence electrons. The third-order valence-electron chi connectivity index (χ3n) is 4.75. The molecule has 0 spiro atoms. The molecule has 0 heterocycles. The average molecular weight is 262 g/mol. The number of ether oxygens (including phenoxy) is 2. The van der Waals surface area contributed by atoms with Gasteiger partial charge in [-0.05, 0) is 54.7 Å². The Kier molecular flexibility index (Phi) is 3.65. The van der Waals surface area contributed by atoms with Crippen molar-refractivity contribution in [2.45, 2.75) is 32.3 Å².